The molecule has 0 saturated heterocycles. The second kappa shape index (κ2) is 5.36. The molecule has 1 heterocycles. The van der Waals surface area contributed by atoms with Crippen molar-refractivity contribution in [2.24, 2.45) is 0 Å². The maximum Gasteiger partial charge on any atom is 0.123 e. The number of hydrogen-bond donors (Lipinski definition) is 1. The van der Waals surface area contributed by atoms with Crippen LogP contribution in [0.3, 0.4) is 0 Å². The Labute approximate surface area is 114 Å². The highest BCUT2D eigenvalue weighted by molar-refractivity contribution is 7.15. The van der Waals surface area contributed by atoms with Gasteiger partial charge in [-0.2, -0.15) is 0 Å². The van der Waals surface area contributed by atoms with E-state index >= 15 is 0 Å². The first kappa shape index (κ1) is 12.8. The Balaban J connectivity index is 2.15. The normalized spacial score (nSPS) is 12.7. The summed E-state index contributed by atoms with van der Waals surface area (Å²) in [6.45, 7) is 1.98. The molecule has 17 heavy (non-hydrogen) atoms. The SMILES string of the molecule is Cc1ccc(CC(O)c2ncc(Cl)s2)c(Cl)c1. The molecule has 1 unspecified atom stereocenters. The number of benzene rings is 1. The van der Waals surface area contributed by atoms with Gasteiger partial charge < -0.3 is 5.11 Å². The molecule has 0 aliphatic heterocycles. The molecule has 0 bridgehead atoms. The maximum absolute atomic E-state index is 10.0. The lowest BCUT2D eigenvalue weighted by Crippen LogP contribution is -2.01. The van der Waals surface area contributed by atoms with Gasteiger partial charge in [0.25, 0.3) is 0 Å². The summed E-state index contributed by atoms with van der Waals surface area (Å²) in [6.07, 6.45) is 1.33. The van der Waals surface area contributed by atoms with Crippen LogP contribution in [-0.2, 0) is 6.42 Å². The molecule has 0 spiro atoms. The van der Waals surface area contributed by atoms with Crippen molar-refractivity contribution in [1.82, 2.24) is 4.98 Å². The lowest BCUT2D eigenvalue weighted by Gasteiger charge is -2.09. The third kappa shape index (κ3) is 3.19. The molecule has 0 aliphatic rings. The van der Waals surface area contributed by atoms with Crippen LogP contribution in [0.2, 0.25) is 9.36 Å². The van der Waals surface area contributed by atoms with Crippen LogP contribution in [0.15, 0.2) is 24.4 Å². The number of aromatic nitrogens is 1. The average molecular weight is 288 g/mol. The van der Waals surface area contributed by atoms with Gasteiger partial charge in [-0.3, -0.25) is 0 Å². The third-order valence-electron chi connectivity index (χ3n) is 2.40. The molecule has 0 radical (unpaired) electrons. The van der Waals surface area contributed by atoms with Crippen molar-refractivity contribution >= 4 is 34.5 Å². The van der Waals surface area contributed by atoms with Crippen LogP contribution in [0.4, 0.5) is 0 Å². The number of nitrogens with zero attached hydrogens (tertiary/aromatic N) is 1. The fourth-order valence-electron chi connectivity index (χ4n) is 1.53. The van der Waals surface area contributed by atoms with Crippen molar-refractivity contribution in [1.29, 1.82) is 0 Å². The Kier molecular flexibility index (Phi) is 4.05. The number of aliphatic hydroxyl groups excluding tert-OH is 1. The van der Waals surface area contributed by atoms with E-state index < -0.39 is 6.10 Å². The summed E-state index contributed by atoms with van der Waals surface area (Å²) in [4.78, 5) is 4.05. The minimum absolute atomic E-state index is 0.447. The fraction of sp³-hybridized carbons (Fsp3) is 0.250. The van der Waals surface area contributed by atoms with Crippen LogP contribution in [0.5, 0.6) is 0 Å². The molecule has 0 amide bonds. The standard InChI is InChI=1S/C12H11Cl2NOS/c1-7-2-3-8(9(13)4-7)5-10(16)12-15-6-11(14)17-12/h2-4,6,10,16H,5H2,1H3. The molecule has 5 heteroatoms. The Morgan fingerprint density at radius 2 is 2.18 bits per heavy atom. The average Bonchev–Trinajstić information content (AvgIpc) is 2.69. The minimum atomic E-state index is -0.660. The number of halogens is 2. The van der Waals surface area contributed by atoms with E-state index in [9.17, 15) is 5.11 Å². The molecule has 1 atom stereocenters. The van der Waals surface area contributed by atoms with E-state index in [0.29, 0.717) is 20.8 Å². The molecule has 1 aromatic carbocycles. The fourth-order valence-corrected chi connectivity index (χ4v) is 2.76. The molecule has 0 saturated carbocycles. The Hall–Kier alpha value is -0.610. The Morgan fingerprint density at radius 3 is 2.76 bits per heavy atom. The predicted octanol–water partition coefficient (Wildman–Crippen LogP) is 4.03. The van der Waals surface area contributed by atoms with Gasteiger partial charge in [-0.15, -0.1) is 11.3 Å². The van der Waals surface area contributed by atoms with Crippen molar-refractivity contribution in [3.05, 3.63) is 49.9 Å². The van der Waals surface area contributed by atoms with E-state index in [-0.39, 0.29) is 0 Å². The van der Waals surface area contributed by atoms with Gasteiger partial charge in [-0.25, -0.2) is 4.98 Å². The highest BCUT2D eigenvalue weighted by atomic mass is 35.5. The number of rotatable bonds is 3. The van der Waals surface area contributed by atoms with E-state index in [1.807, 2.05) is 25.1 Å². The van der Waals surface area contributed by atoms with Crippen LogP contribution in [0, 0.1) is 6.92 Å². The molecular weight excluding hydrogens is 277 g/mol. The highest BCUT2D eigenvalue weighted by Crippen LogP contribution is 2.28. The van der Waals surface area contributed by atoms with E-state index in [0.717, 1.165) is 11.1 Å². The summed E-state index contributed by atoms with van der Waals surface area (Å²) in [5, 5.41) is 11.3. The predicted molar refractivity (Wildman–Crippen MR) is 72.0 cm³/mol. The summed E-state index contributed by atoms with van der Waals surface area (Å²) >= 11 is 13.2. The quantitative estimate of drug-likeness (QED) is 0.924. The molecule has 1 aromatic heterocycles. The van der Waals surface area contributed by atoms with E-state index in [4.69, 9.17) is 23.2 Å². The lowest BCUT2D eigenvalue weighted by atomic mass is 10.1. The van der Waals surface area contributed by atoms with E-state index in [2.05, 4.69) is 4.98 Å². The van der Waals surface area contributed by atoms with Crippen molar-refractivity contribution < 1.29 is 5.11 Å². The number of hydrogen-bond acceptors (Lipinski definition) is 3. The monoisotopic (exact) mass is 287 g/mol. The van der Waals surface area contributed by atoms with Crippen molar-refractivity contribution in [3.63, 3.8) is 0 Å². The zero-order valence-electron chi connectivity index (χ0n) is 9.15. The lowest BCUT2D eigenvalue weighted by molar-refractivity contribution is 0.178. The van der Waals surface area contributed by atoms with Crippen molar-refractivity contribution in [2.75, 3.05) is 0 Å². The van der Waals surface area contributed by atoms with Gasteiger partial charge in [0.05, 0.1) is 6.20 Å². The van der Waals surface area contributed by atoms with Crippen LogP contribution in [0.25, 0.3) is 0 Å². The molecule has 0 fully saturated rings. The minimum Gasteiger partial charge on any atom is -0.386 e. The first-order valence-corrected chi connectivity index (χ1v) is 6.68. The van der Waals surface area contributed by atoms with Crippen LogP contribution in [0.1, 0.15) is 22.2 Å². The summed E-state index contributed by atoms with van der Waals surface area (Å²) in [7, 11) is 0. The number of aryl methyl sites for hydroxylation is 1. The summed E-state index contributed by atoms with van der Waals surface area (Å²) < 4.78 is 0.578. The summed E-state index contributed by atoms with van der Waals surface area (Å²) in [5.74, 6) is 0. The number of aliphatic hydroxyl groups is 1. The Morgan fingerprint density at radius 1 is 1.41 bits per heavy atom. The van der Waals surface area contributed by atoms with Crippen LogP contribution in [-0.4, -0.2) is 10.1 Å². The second-order valence-electron chi connectivity index (χ2n) is 3.82. The largest absolute Gasteiger partial charge is 0.386 e. The number of thiazole rings is 1. The van der Waals surface area contributed by atoms with Gasteiger partial charge in [0.2, 0.25) is 0 Å². The van der Waals surface area contributed by atoms with Gasteiger partial charge in [0, 0.05) is 11.4 Å². The smallest absolute Gasteiger partial charge is 0.123 e. The molecule has 2 rings (SSSR count). The van der Waals surface area contributed by atoms with Gasteiger partial charge in [0.15, 0.2) is 0 Å². The van der Waals surface area contributed by atoms with E-state index in [1.165, 1.54) is 11.3 Å². The van der Waals surface area contributed by atoms with Crippen molar-refractivity contribution in [2.45, 2.75) is 19.4 Å². The topological polar surface area (TPSA) is 33.1 Å². The second-order valence-corrected chi connectivity index (χ2v) is 5.92. The van der Waals surface area contributed by atoms with Crippen LogP contribution >= 0.6 is 34.5 Å². The first-order chi connectivity index (χ1) is 8.06. The van der Waals surface area contributed by atoms with Crippen molar-refractivity contribution in [3.8, 4) is 0 Å². The maximum atomic E-state index is 10.0. The highest BCUT2D eigenvalue weighted by Gasteiger charge is 2.14. The first-order valence-electron chi connectivity index (χ1n) is 5.10. The van der Waals surface area contributed by atoms with Crippen LogP contribution < -0.4 is 0 Å². The summed E-state index contributed by atoms with van der Waals surface area (Å²) in [5.41, 5.74) is 2.02. The van der Waals surface area contributed by atoms with Gasteiger partial charge in [-0.1, -0.05) is 35.3 Å². The molecule has 2 nitrogen and oxygen atoms in total. The zero-order valence-corrected chi connectivity index (χ0v) is 11.5. The zero-order chi connectivity index (χ0) is 12.4. The van der Waals surface area contributed by atoms with Gasteiger partial charge >= 0.3 is 0 Å². The molecule has 0 aliphatic carbocycles. The molecule has 90 valence electrons. The Bertz CT molecular complexity index is 527. The van der Waals surface area contributed by atoms with Gasteiger partial charge in [-0.05, 0) is 24.1 Å². The third-order valence-corrected chi connectivity index (χ3v) is 3.97. The molecular formula is C12H11Cl2NOS. The molecule has 1 N–H and O–H groups in total. The summed E-state index contributed by atoms with van der Waals surface area (Å²) in [6, 6.07) is 5.79. The van der Waals surface area contributed by atoms with Gasteiger partial charge in [0.1, 0.15) is 15.4 Å². The van der Waals surface area contributed by atoms with E-state index in [1.54, 1.807) is 6.20 Å². The molecule has 2 aromatic rings.